The molecule has 1 aliphatic carbocycles. The van der Waals surface area contributed by atoms with Crippen LogP contribution in [0.4, 0.5) is 4.39 Å². The standard InChI is InChI=1S/C19H24FN3O3S2/c1-3-23(4-2)28(25,26)14-7-8-16(20)15(13-14)17(24)22-19(9-5-6-10-19)18-21-11-12-27-18/h7-8,11-13H,3-6,9-10H2,1-2H3,(H,22,24). The van der Waals surface area contributed by atoms with Crippen LogP contribution in [-0.4, -0.2) is 36.7 Å². The number of nitrogens with zero attached hydrogens (tertiary/aromatic N) is 2. The molecule has 0 spiro atoms. The van der Waals surface area contributed by atoms with Crippen molar-refractivity contribution in [3.8, 4) is 0 Å². The van der Waals surface area contributed by atoms with Crippen LogP contribution in [0, 0.1) is 5.82 Å². The van der Waals surface area contributed by atoms with Crippen LogP contribution < -0.4 is 5.32 Å². The minimum Gasteiger partial charge on any atom is -0.340 e. The second-order valence-electron chi connectivity index (χ2n) is 6.81. The Morgan fingerprint density at radius 1 is 1.29 bits per heavy atom. The van der Waals surface area contributed by atoms with E-state index in [0.717, 1.165) is 42.8 Å². The second-order valence-corrected chi connectivity index (χ2v) is 9.64. The molecule has 1 aromatic carbocycles. The molecule has 0 saturated heterocycles. The Labute approximate surface area is 168 Å². The van der Waals surface area contributed by atoms with Gasteiger partial charge in [-0.3, -0.25) is 4.79 Å². The Bertz CT molecular complexity index is 935. The summed E-state index contributed by atoms with van der Waals surface area (Å²) in [7, 11) is -3.78. The van der Waals surface area contributed by atoms with Gasteiger partial charge in [0.2, 0.25) is 10.0 Å². The Balaban J connectivity index is 1.94. The summed E-state index contributed by atoms with van der Waals surface area (Å²) in [6, 6.07) is 3.37. The van der Waals surface area contributed by atoms with Crippen molar-refractivity contribution in [2.24, 2.45) is 0 Å². The van der Waals surface area contributed by atoms with Gasteiger partial charge in [0.15, 0.2) is 0 Å². The molecule has 3 rings (SSSR count). The molecule has 28 heavy (non-hydrogen) atoms. The van der Waals surface area contributed by atoms with Crippen molar-refractivity contribution < 1.29 is 17.6 Å². The quantitative estimate of drug-likeness (QED) is 0.736. The van der Waals surface area contributed by atoms with E-state index in [-0.39, 0.29) is 10.5 Å². The average molecular weight is 426 g/mol. The molecule has 0 unspecified atom stereocenters. The molecule has 1 saturated carbocycles. The molecule has 1 fully saturated rings. The summed E-state index contributed by atoms with van der Waals surface area (Å²) in [6.45, 7) is 4.06. The molecule has 0 radical (unpaired) electrons. The van der Waals surface area contributed by atoms with Crippen LogP contribution in [0.1, 0.15) is 54.9 Å². The van der Waals surface area contributed by atoms with Gasteiger partial charge in [-0.2, -0.15) is 4.31 Å². The number of hydrogen-bond donors (Lipinski definition) is 1. The van der Waals surface area contributed by atoms with E-state index in [0.29, 0.717) is 13.1 Å². The number of halogens is 1. The molecule has 1 aliphatic rings. The number of nitrogens with one attached hydrogen (secondary N) is 1. The Morgan fingerprint density at radius 3 is 2.54 bits per heavy atom. The SMILES string of the molecule is CCN(CC)S(=O)(=O)c1ccc(F)c(C(=O)NC2(c3nccs3)CCCC2)c1. The van der Waals surface area contributed by atoms with Crippen molar-refractivity contribution in [1.29, 1.82) is 0 Å². The molecule has 6 nitrogen and oxygen atoms in total. The molecule has 1 amide bonds. The highest BCUT2D eigenvalue weighted by molar-refractivity contribution is 7.89. The summed E-state index contributed by atoms with van der Waals surface area (Å²) in [5.41, 5.74) is -0.887. The lowest BCUT2D eigenvalue weighted by Crippen LogP contribution is -2.44. The zero-order valence-electron chi connectivity index (χ0n) is 15.9. The summed E-state index contributed by atoms with van der Waals surface area (Å²) >= 11 is 1.46. The summed E-state index contributed by atoms with van der Waals surface area (Å²) in [6.07, 6.45) is 5.03. The lowest BCUT2D eigenvalue weighted by molar-refractivity contribution is 0.0893. The molecule has 1 aromatic heterocycles. The van der Waals surface area contributed by atoms with Gasteiger partial charge in [0.25, 0.3) is 5.91 Å². The topological polar surface area (TPSA) is 79.4 Å². The highest BCUT2D eigenvalue weighted by atomic mass is 32.2. The van der Waals surface area contributed by atoms with Gasteiger partial charge in [-0.05, 0) is 31.0 Å². The van der Waals surface area contributed by atoms with Gasteiger partial charge in [-0.25, -0.2) is 17.8 Å². The Morgan fingerprint density at radius 2 is 1.96 bits per heavy atom. The molecule has 2 aromatic rings. The molecule has 9 heteroatoms. The molecular formula is C19H24FN3O3S2. The van der Waals surface area contributed by atoms with E-state index >= 15 is 0 Å². The molecule has 0 bridgehead atoms. The Hall–Kier alpha value is -1.84. The van der Waals surface area contributed by atoms with E-state index < -0.39 is 27.3 Å². The predicted molar refractivity (Wildman–Crippen MR) is 106 cm³/mol. The summed E-state index contributed by atoms with van der Waals surface area (Å²) in [5.74, 6) is -1.37. The number of carbonyl (C=O) groups excluding carboxylic acids is 1. The number of hydrogen-bond acceptors (Lipinski definition) is 5. The number of thiazole rings is 1. The van der Waals surface area contributed by atoms with Gasteiger partial charge in [0.1, 0.15) is 10.8 Å². The molecular weight excluding hydrogens is 401 g/mol. The highest BCUT2D eigenvalue weighted by Crippen LogP contribution is 2.40. The van der Waals surface area contributed by atoms with Crippen LogP contribution in [-0.2, 0) is 15.6 Å². The van der Waals surface area contributed by atoms with Crippen molar-refractivity contribution in [3.05, 3.63) is 46.2 Å². The molecule has 0 aliphatic heterocycles. The smallest absolute Gasteiger partial charge is 0.255 e. The Kier molecular flexibility index (Phi) is 6.16. The van der Waals surface area contributed by atoms with Crippen molar-refractivity contribution >= 4 is 27.3 Å². The van der Waals surface area contributed by atoms with E-state index in [1.807, 2.05) is 5.38 Å². The van der Waals surface area contributed by atoms with Crippen LogP contribution in [0.2, 0.25) is 0 Å². The van der Waals surface area contributed by atoms with E-state index in [2.05, 4.69) is 10.3 Å². The van der Waals surface area contributed by atoms with Gasteiger partial charge in [0, 0.05) is 24.7 Å². The number of sulfonamides is 1. The third kappa shape index (κ3) is 3.83. The van der Waals surface area contributed by atoms with Crippen LogP contribution >= 0.6 is 11.3 Å². The summed E-state index contributed by atoms with van der Waals surface area (Å²) in [4.78, 5) is 17.2. The largest absolute Gasteiger partial charge is 0.340 e. The fourth-order valence-electron chi connectivity index (χ4n) is 3.67. The maximum Gasteiger partial charge on any atom is 0.255 e. The molecule has 1 N–H and O–H groups in total. The first-order chi connectivity index (χ1) is 13.3. The molecule has 1 heterocycles. The van der Waals surface area contributed by atoms with Gasteiger partial charge in [-0.15, -0.1) is 11.3 Å². The van der Waals surface area contributed by atoms with E-state index in [1.165, 1.54) is 21.7 Å². The maximum absolute atomic E-state index is 14.4. The number of rotatable bonds is 7. The van der Waals surface area contributed by atoms with Crippen LogP contribution in [0.25, 0.3) is 0 Å². The van der Waals surface area contributed by atoms with Crippen LogP contribution in [0.5, 0.6) is 0 Å². The third-order valence-corrected chi connectivity index (χ3v) is 8.20. The van der Waals surface area contributed by atoms with Gasteiger partial charge < -0.3 is 5.32 Å². The minimum atomic E-state index is -3.78. The maximum atomic E-state index is 14.4. The van der Waals surface area contributed by atoms with E-state index in [1.54, 1.807) is 20.0 Å². The third-order valence-electron chi connectivity index (χ3n) is 5.18. The summed E-state index contributed by atoms with van der Waals surface area (Å²) < 4.78 is 41.2. The monoisotopic (exact) mass is 425 g/mol. The first kappa shape index (κ1) is 20.9. The zero-order chi connectivity index (χ0) is 20.4. The number of aromatic nitrogens is 1. The van der Waals surface area contributed by atoms with Gasteiger partial charge in [-0.1, -0.05) is 26.7 Å². The number of benzene rings is 1. The fraction of sp³-hybridized carbons (Fsp3) is 0.474. The predicted octanol–water partition coefficient (Wildman–Crippen LogP) is 3.51. The number of carbonyl (C=O) groups is 1. The van der Waals surface area contributed by atoms with Crippen LogP contribution in [0.3, 0.4) is 0 Å². The first-order valence-electron chi connectivity index (χ1n) is 9.36. The lowest BCUT2D eigenvalue weighted by Gasteiger charge is -2.28. The fourth-order valence-corrected chi connectivity index (χ4v) is 6.00. The zero-order valence-corrected chi connectivity index (χ0v) is 17.6. The van der Waals surface area contributed by atoms with Crippen LogP contribution in [0.15, 0.2) is 34.7 Å². The minimum absolute atomic E-state index is 0.0857. The first-order valence-corrected chi connectivity index (χ1v) is 11.7. The van der Waals surface area contributed by atoms with Crippen molar-refractivity contribution in [2.75, 3.05) is 13.1 Å². The summed E-state index contributed by atoms with van der Waals surface area (Å²) in [5, 5.41) is 5.59. The van der Waals surface area contributed by atoms with Gasteiger partial charge in [0.05, 0.1) is 16.0 Å². The van der Waals surface area contributed by atoms with E-state index in [9.17, 15) is 17.6 Å². The molecule has 0 atom stereocenters. The van der Waals surface area contributed by atoms with Crippen molar-refractivity contribution in [1.82, 2.24) is 14.6 Å². The average Bonchev–Trinajstić information content (AvgIpc) is 3.35. The highest BCUT2D eigenvalue weighted by Gasteiger charge is 2.40. The van der Waals surface area contributed by atoms with Crippen molar-refractivity contribution in [2.45, 2.75) is 50.0 Å². The second kappa shape index (κ2) is 8.26. The lowest BCUT2D eigenvalue weighted by atomic mass is 9.97. The van der Waals surface area contributed by atoms with E-state index in [4.69, 9.17) is 0 Å². The van der Waals surface area contributed by atoms with Crippen molar-refractivity contribution in [3.63, 3.8) is 0 Å². The van der Waals surface area contributed by atoms with Gasteiger partial charge >= 0.3 is 0 Å². The molecule has 152 valence electrons. The normalized spacial score (nSPS) is 16.4. The number of amides is 1.